The van der Waals surface area contributed by atoms with Crippen molar-refractivity contribution in [1.29, 1.82) is 0 Å². The van der Waals surface area contributed by atoms with Crippen molar-refractivity contribution in [3.8, 4) is 0 Å². The highest BCUT2D eigenvalue weighted by Gasteiger charge is 2.24. The van der Waals surface area contributed by atoms with Crippen LogP contribution in [0.3, 0.4) is 0 Å². The van der Waals surface area contributed by atoms with Crippen LogP contribution in [-0.2, 0) is 9.59 Å². The number of carboxylic acid groups (broad SMARTS) is 1. The van der Waals surface area contributed by atoms with E-state index in [1.54, 1.807) is 0 Å². The molecule has 0 aliphatic heterocycles. The first-order chi connectivity index (χ1) is 13.0. The number of carboxylic acids is 1. The van der Waals surface area contributed by atoms with E-state index in [-0.39, 0.29) is 18.2 Å². The molecule has 0 fully saturated rings. The van der Waals surface area contributed by atoms with Gasteiger partial charge in [-0.3, -0.25) is 9.59 Å². The predicted molar refractivity (Wildman–Crippen MR) is 114 cm³/mol. The van der Waals surface area contributed by atoms with Gasteiger partial charge in [-0.2, -0.15) is 0 Å². The van der Waals surface area contributed by atoms with Crippen LogP contribution in [-0.4, -0.2) is 23.5 Å². The Kier molecular flexibility index (Phi) is 17.6. The van der Waals surface area contributed by atoms with Gasteiger partial charge in [0.25, 0.3) is 0 Å². The maximum Gasteiger partial charge on any atom is 0.304 e. The lowest BCUT2D eigenvalue weighted by Crippen LogP contribution is -2.35. The van der Waals surface area contributed by atoms with Gasteiger partial charge in [0.15, 0.2) is 0 Å². The Morgan fingerprint density at radius 1 is 0.741 bits per heavy atom. The zero-order valence-corrected chi connectivity index (χ0v) is 18.2. The molecule has 0 saturated carbocycles. The highest BCUT2D eigenvalue weighted by molar-refractivity contribution is 5.83. The summed E-state index contributed by atoms with van der Waals surface area (Å²) in [7, 11) is 0. The van der Waals surface area contributed by atoms with E-state index in [0.717, 1.165) is 12.8 Å². The van der Waals surface area contributed by atoms with Crippen molar-refractivity contribution in [3.05, 3.63) is 0 Å². The monoisotopic (exact) mass is 383 g/mol. The van der Waals surface area contributed by atoms with Crippen molar-refractivity contribution in [1.82, 2.24) is 5.32 Å². The number of hydrogen-bond acceptors (Lipinski definition) is 2. The summed E-state index contributed by atoms with van der Waals surface area (Å²) in [5.41, 5.74) is 0. The van der Waals surface area contributed by atoms with Gasteiger partial charge in [-0.05, 0) is 12.3 Å². The van der Waals surface area contributed by atoms with E-state index in [0.29, 0.717) is 6.54 Å². The van der Waals surface area contributed by atoms with Gasteiger partial charge >= 0.3 is 5.97 Å². The highest BCUT2D eigenvalue weighted by Crippen LogP contribution is 2.16. The third-order valence-electron chi connectivity index (χ3n) is 5.37. The molecule has 0 bridgehead atoms. The van der Waals surface area contributed by atoms with Crippen molar-refractivity contribution in [3.63, 3.8) is 0 Å². The van der Waals surface area contributed by atoms with Crippen LogP contribution in [0.2, 0.25) is 0 Å². The summed E-state index contributed by atoms with van der Waals surface area (Å²) >= 11 is 0. The average Bonchev–Trinajstić information content (AvgIpc) is 2.62. The van der Waals surface area contributed by atoms with E-state index in [4.69, 9.17) is 5.11 Å². The molecular formula is C23H45NO3. The molecule has 0 aromatic heterocycles. The molecule has 4 heteroatoms. The van der Waals surface area contributed by atoms with Gasteiger partial charge in [0.2, 0.25) is 5.91 Å². The van der Waals surface area contributed by atoms with Gasteiger partial charge in [-0.1, -0.05) is 104 Å². The Labute approximate surface area is 167 Å². The van der Waals surface area contributed by atoms with E-state index < -0.39 is 11.9 Å². The highest BCUT2D eigenvalue weighted by atomic mass is 16.4. The van der Waals surface area contributed by atoms with Gasteiger partial charge in [-0.15, -0.1) is 0 Å². The molecule has 0 rings (SSSR count). The molecule has 1 amide bonds. The Morgan fingerprint density at radius 3 is 1.52 bits per heavy atom. The Balaban J connectivity index is 3.41. The maximum absolute atomic E-state index is 12.1. The molecule has 0 aliphatic rings. The van der Waals surface area contributed by atoms with Crippen LogP contribution in [0.5, 0.6) is 0 Å². The zero-order chi connectivity index (χ0) is 20.3. The maximum atomic E-state index is 12.1. The van der Waals surface area contributed by atoms with Crippen LogP contribution < -0.4 is 5.32 Å². The lowest BCUT2D eigenvalue weighted by atomic mass is 9.91. The number of hydrogen-bond donors (Lipinski definition) is 2. The lowest BCUT2D eigenvalue weighted by Gasteiger charge is -2.18. The minimum Gasteiger partial charge on any atom is -0.481 e. The molecule has 2 N–H and O–H groups in total. The number of unbranched alkanes of at least 4 members (excludes halogenated alkanes) is 13. The summed E-state index contributed by atoms with van der Waals surface area (Å²) in [5.74, 6) is -1.38. The molecule has 160 valence electrons. The minimum absolute atomic E-state index is 0.0532. The molecule has 0 saturated heterocycles. The van der Waals surface area contributed by atoms with Crippen molar-refractivity contribution in [2.45, 2.75) is 117 Å². The second kappa shape index (κ2) is 18.3. The van der Waals surface area contributed by atoms with Crippen LogP contribution in [0.1, 0.15) is 117 Å². The Morgan fingerprint density at radius 2 is 1.15 bits per heavy atom. The SMILES string of the molecule is CCCCCCCCCCCCCCCCNC(=O)C(CC(=O)O)C(C)C. The number of nitrogens with one attached hydrogen (secondary N) is 1. The normalized spacial score (nSPS) is 12.3. The van der Waals surface area contributed by atoms with Crippen molar-refractivity contribution in [2.75, 3.05) is 6.54 Å². The second-order valence-electron chi connectivity index (χ2n) is 8.34. The molecule has 27 heavy (non-hydrogen) atoms. The summed E-state index contributed by atoms with van der Waals surface area (Å²) in [6.45, 7) is 6.74. The minimum atomic E-state index is -0.902. The van der Waals surface area contributed by atoms with Crippen LogP contribution in [0.4, 0.5) is 0 Å². The van der Waals surface area contributed by atoms with Gasteiger partial charge in [-0.25, -0.2) is 0 Å². The fourth-order valence-electron chi connectivity index (χ4n) is 3.48. The fraction of sp³-hybridized carbons (Fsp3) is 0.913. The standard InChI is InChI=1S/C23H45NO3/c1-4-5-6-7-8-9-10-11-12-13-14-15-16-17-18-24-23(27)21(20(2)3)19-22(25)26/h20-21H,4-19H2,1-3H3,(H,24,27)(H,25,26). The van der Waals surface area contributed by atoms with Gasteiger partial charge in [0.05, 0.1) is 12.3 Å². The fourth-order valence-corrected chi connectivity index (χ4v) is 3.48. The smallest absolute Gasteiger partial charge is 0.304 e. The van der Waals surface area contributed by atoms with Crippen molar-refractivity contribution >= 4 is 11.9 Å². The molecule has 0 radical (unpaired) electrons. The molecular weight excluding hydrogens is 338 g/mol. The van der Waals surface area contributed by atoms with Gasteiger partial charge < -0.3 is 10.4 Å². The number of rotatable bonds is 19. The summed E-state index contributed by atoms with van der Waals surface area (Å²) in [5, 5.41) is 11.8. The topological polar surface area (TPSA) is 66.4 Å². The quantitative estimate of drug-likeness (QED) is 0.256. The van der Waals surface area contributed by atoms with Crippen molar-refractivity contribution in [2.24, 2.45) is 11.8 Å². The van der Waals surface area contributed by atoms with E-state index in [2.05, 4.69) is 12.2 Å². The molecule has 0 aromatic carbocycles. The van der Waals surface area contributed by atoms with Crippen LogP contribution >= 0.6 is 0 Å². The van der Waals surface area contributed by atoms with E-state index >= 15 is 0 Å². The summed E-state index contributed by atoms with van der Waals surface area (Å²) in [4.78, 5) is 22.9. The molecule has 0 aliphatic carbocycles. The van der Waals surface area contributed by atoms with Gasteiger partial charge in [0, 0.05) is 6.54 Å². The Hall–Kier alpha value is -1.06. The number of aliphatic carboxylic acids is 1. The third-order valence-corrected chi connectivity index (χ3v) is 5.37. The molecule has 0 aromatic rings. The number of carbonyl (C=O) groups is 2. The van der Waals surface area contributed by atoms with E-state index in [9.17, 15) is 9.59 Å². The molecule has 1 atom stereocenters. The molecule has 4 nitrogen and oxygen atoms in total. The number of carbonyl (C=O) groups excluding carboxylic acids is 1. The zero-order valence-electron chi connectivity index (χ0n) is 18.2. The number of amides is 1. The summed E-state index contributed by atoms with van der Waals surface area (Å²) < 4.78 is 0. The first-order valence-corrected chi connectivity index (χ1v) is 11.5. The summed E-state index contributed by atoms with van der Waals surface area (Å²) in [6, 6.07) is 0. The van der Waals surface area contributed by atoms with Crippen molar-refractivity contribution < 1.29 is 14.7 Å². The Bertz CT molecular complexity index is 369. The van der Waals surface area contributed by atoms with Crippen LogP contribution in [0.15, 0.2) is 0 Å². The van der Waals surface area contributed by atoms with Gasteiger partial charge in [0.1, 0.15) is 0 Å². The molecule has 0 heterocycles. The largest absolute Gasteiger partial charge is 0.481 e. The van der Waals surface area contributed by atoms with E-state index in [1.165, 1.54) is 77.0 Å². The first-order valence-electron chi connectivity index (χ1n) is 11.5. The lowest BCUT2D eigenvalue weighted by molar-refractivity contribution is -0.142. The second-order valence-corrected chi connectivity index (χ2v) is 8.34. The average molecular weight is 384 g/mol. The molecule has 0 spiro atoms. The van der Waals surface area contributed by atoms with Crippen LogP contribution in [0, 0.1) is 11.8 Å². The molecule has 1 unspecified atom stereocenters. The summed E-state index contributed by atoms with van der Waals surface area (Å²) in [6.07, 6.45) is 18.4. The third kappa shape index (κ3) is 16.8. The predicted octanol–water partition coefficient (Wildman–Crippen LogP) is 6.33. The first kappa shape index (κ1) is 25.9. The van der Waals surface area contributed by atoms with E-state index in [1.807, 2.05) is 13.8 Å². The van der Waals surface area contributed by atoms with Crippen LogP contribution in [0.25, 0.3) is 0 Å².